The van der Waals surface area contributed by atoms with Crippen LogP contribution in [0, 0.1) is 7.43 Å². The molecule has 0 saturated heterocycles. The summed E-state index contributed by atoms with van der Waals surface area (Å²) in [6, 6.07) is 134. The van der Waals surface area contributed by atoms with Gasteiger partial charge in [-0.3, -0.25) is 0 Å². The van der Waals surface area contributed by atoms with Crippen LogP contribution in [-0.2, 0) is 6.42 Å². The van der Waals surface area contributed by atoms with Crippen molar-refractivity contribution < 1.29 is 9.68 Å². The van der Waals surface area contributed by atoms with Gasteiger partial charge in [0.05, 0.1) is 11.0 Å². The minimum atomic E-state index is 0. The number of rotatable bonds is 13. The van der Waals surface area contributed by atoms with Gasteiger partial charge in [-0.1, -0.05) is 327 Å². The van der Waals surface area contributed by atoms with Crippen molar-refractivity contribution in [1.82, 2.24) is 49.4 Å². The Bertz CT molecular complexity index is 6320. The van der Waals surface area contributed by atoms with E-state index < -0.39 is 0 Å². The predicted octanol–water partition coefficient (Wildman–Crippen LogP) is 25.6. The van der Waals surface area contributed by atoms with Crippen LogP contribution in [0.15, 0.2) is 400 Å². The number of hydrogen-bond acceptors (Lipinski definition) is 11. The average Bonchev–Trinajstić information content (AvgIpc) is 1.59. The second-order valence-electron chi connectivity index (χ2n) is 26.8. The van der Waals surface area contributed by atoms with Crippen molar-refractivity contribution in [3.63, 3.8) is 0 Å². The molecule has 16 heteroatoms. The number of benzene rings is 15. The van der Waals surface area contributed by atoms with Gasteiger partial charge >= 0.3 is 7.69 Å². The molecule has 1 aliphatic carbocycles. The van der Waals surface area contributed by atoms with Gasteiger partial charge in [-0.2, -0.15) is 9.97 Å². The highest BCUT2D eigenvalue weighted by atomic mass is 35.5. The average molecular weight is 1570 g/mol. The van der Waals surface area contributed by atoms with Crippen molar-refractivity contribution in [3.05, 3.63) is 434 Å². The van der Waals surface area contributed by atoms with Crippen molar-refractivity contribution in [2.24, 2.45) is 0 Å². The SMILES string of the molecule is Clc1ccc(-c2nc(-c3ccccc3)nc(-c3ccccc3)n2)cc1.Clc1nc(-c2ccccc2)nc(-c2ccccc2)n1.O[B]Oc1ccc(Cl)cc1.[CH3-].c1ccc(-c2ccc3c(c2)-c2ccccc2C3)cc1.c1ccc(-c2ccc3c(c2)c2ccccc2n3-c2ccc(-c3nc(-c4ccccc4)nc(-c4ccccc4)n3)cc2)cc1. The Labute approximate surface area is 695 Å². The third-order valence-corrected chi connectivity index (χ3v) is 19.9. The number of para-hydroxylation sites is 1. The van der Waals surface area contributed by atoms with Crippen LogP contribution < -0.4 is 4.65 Å². The number of fused-ring (bicyclic) bond motifs is 6. The molecule has 20 rings (SSSR count). The fraction of sp³-hybridized carbons (Fsp3) is 0.00990. The normalized spacial score (nSPS) is 10.8. The molecule has 19 aromatic rings. The van der Waals surface area contributed by atoms with Crippen LogP contribution in [0.3, 0.4) is 0 Å². The van der Waals surface area contributed by atoms with Gasteiger partial charge in [-0.25, -0.2) is 34.9 Å². The monoisotopic (exact) mass is 1570 g/mol. The van der Waals surface area contributed by atoms with E-state index in [2.05, 4.69) is 209 Å². The molecule has 15 aromatic carbocycles. The van der Waals surface area contributed by atoms with Crippen molar-refractivity contribution in [2.75, 3.05) is 0 Å². The Morgan fingerprint density at radius 2 is 0.556 bits per heavy atom. The fourth-order valence-corrected chi connectivity index (χ4v) is 14.0. The van der Waals surface area contributed by atoms with Crippen molar-refractivity contribution >= 4 is 64.3 Å². The molecule has 0 fully saturated rings. The zero-order chi connectivity index (χ0) is 78.8. The van der Waals surface area contributed by atoms with Gasteiger partial charge in [0.15, 0.2) is 46.6 Å². The maximum absolute atomic E-state index is 8.21. The largest absolute Gasteiger partial charge is 0.569 e. The molecule has 1 aliphatic rings. The van der Waals surface area contributed by atoms with Crippen LogP contribution in [0.4, 0.5) is 0 Å². The molecular weight excluding hydrogens is 1500 g/mol. The lowest BCUT2D eigenvalue weighted by atomic mass is 9.99. The Balaban J connectivity index is 0.000000124. The zero-order valence-corrected chi connectivity index (χ0v) is 65.6. The van der Waals surface area contributed by atoms with E-state index in [1.54, 1.807) is 24.3 Å². The van der Waals surface area contributed by atoms with Crippen molar-refractivity contribution in [1.29, 1.82) is 0 Å². The smallest absolute Gasteiger partial charge is 0.537 e. The molecule has 0 saturated carbocycles. The number of nitrogens with zero attached hydrogens (tertiary/aromatic N) is 10. The van der Waals surface area contributed by atoms with E-state index in [4.69, 9.17) is 54.8 Å². The first-order valence-electron chi connectivity index (χ1n) is 37.5. The van der Waals surface area contributed by atoms with Gasteiger partial charge in [-0.15, -0.1) is 0 Å². The topological polar surface area (TPSA) is 150 Å². The number of hydrogen-bond donors (Lipinski definition) is 1. The lowest BCUT2D eigenvalue weighted by Crippen LogP contribution is -2.00. The summed E-state index contributed by atoms with van der Waals surface area (Å²) in [6.07, 6.45) is 1.07. The summed E-state index contributed by atoms with van der Waals surface area (Å²) >= 11 is 17.6. The van der Waals surface area contributed by atoms with Crippen molar-refractivity contribution in [3.8, 4) is 136 Å². The maximum Gasteiger partial charge on any atom is 0.569 e. The van der Waals surface area contributed by atoms with E-state index in [-0.39, 0.29) is 12.7 Å². The van der Waals surface area contributed by atoms with Gasteiger partial charge in [-0.05, 0) is 160 Å². The first kappa shape index (κ1) is 78.1. The highest BCUT2D eigenvalue weighted by Crippen LogP contribution is 2.40. The maximum atomic E-state index is 8.21. The molecule has 0 atom stereocenters. The van der Waals surface area contributed by atoms with Crippen LogP contribution in [0.25, 0.3) is 152 Å². The van der Waals surface area contributed by atoms with Gasteiger partial charge < -0.3 is 21.7 Å². The Morgan fingerprint density at radius 3 is 0.966 bits per heavy atom. The molecule has 1 radical (unpaired) electrons. The van der Waals surface area contributed by atoms with Crippen LogP contribution in [0.2, 0.25) is 15.3 Å². The molecule has 1 N–H and O–H groups in total. The minimum Gasteiger partial charge on any atom is -0.537 e. The van der Waals surface area contributed by atoms with Gasteiger partial charge in [0.25, 0.3) is 0 Å². The summed E-state index contributed by atoms with van der Waals surface area (Å²) in [5.41, 5.74) is 21.7. The molecular formula is C101H72BCl3N10O2-. The van der Waals surface area contributed by atoms with Crippen LogP contribution in [0.1, 0.15) is 11.1 Å². The molecule has 0 unspecified atom stereocenters. The third kappa shape index (κ3) is 19.0. The summed E-state index contributed by atoms with van der Waals surface area (Å²) in [6.45, 7) is 0. The van der Waals surface area contributed by atoms with Gasteiger partial charge in [0.1, 0.15) is 5.75 Å². The summed E-state index contributed by atoms with van der Waals surface area (Å²) in [4.78, 5) is 41.4. The lowest BCUT2D eigenvalue weighted by Gasteiger charge is -2.11. The Hall–Kier alpha value is -14.2. The highest BCUT2D eigenvalue weighted by Gasteiger charge is 2.20. The highest BCUT2D eigenvalue weighted by molar-refractivity contribution is 6.31. The molecule has 12 nitrogen and oxygen atoms in total. The third-order valence-electron chi connectivity index (χ3n) is 19.2. The molecule has 117 heavy (non-hydrogen) atoms. The summed E-state index contributed by atoms with van der Waals surface area (Å²) in [7, 11) is 0.628. The zero-order valence-electron chi connectivity index (χ0n) is 63.4. The van der Waals surface area contributed by atoms with Crippen LogP contribution >= 0.6 is 34.8 Å². The van der Waals surface area contributed by atoms with E-state index in [1.807, 2.05) is 206 Å². The molecule has 4 aromatic heterocycles. The summed E-state index contributed by atoms with van der Waals surface area (Å²) < 4.78 is 6.97. The molecule has 0 amide bonds. The number of aromatic nitrogens is 10. The standard InChI is InChI=1S/C39H26N4.C21H14ClN3.C19H14.C15H10ClN3.C6H5BClO2.CH3/c1-4-12-27(13-5-1)31-22-25-36-34(26-31)33-18-10-11-19-35(33)43(36)32-23-20-30(21-24-32)39-41-37(28-14-6-2-7-15-28)40-38(42-39)29-16-8-3-9-17-29;22-18-13-11-17(12-14-18)21-24-19(15-7-3-1-4-8-15)23-20(25-21)16-9-5-2-6-10-16;1-2-6-14(7-3-1)15-10-11-17-12-16-8-4-5-9-18(16)19(17)13-15;16-15-18-13(11-7-3-1-4-8-11)17-14(19-15)12-9-5-2-6-10-12;8-5-1-3-6(4-2-5)10-7-9;/h1-26H;1-14H;1-11,13H,12H2;1-10H;1-4,9H;1H3/q;;;;;-1. The van der Waals surface area contributed by atoms with Gasteiger partial charge in [0.2, 0.25) is 5.28 Å². The first-order chi connectivity index (χ1) is 57.2. The minimum absolute atomic E-state index is 0. The van der Waals surface area contributed by atoms with Gasteiger partial charge in [0, 0.05) is 71.0 Å². The first-order valence-corrected chi connectivity index (χ1v) is 38.7. The van der Waals surface area contributed by atoms with Crippen LogP contribution in [-0.4, -0.2) is 62.1 Å². The van der Waals surface area contributed by atoms with E-state index in [1.165, 1.54) is 66.3 Å². The lowest BCUT2D eigenvalue weighted by molar-refractivity contribution is 0.454. The molecule has 0 bridgehead atoms. The van der Waals surface area contributed by atoms with E-state index in [0.717, 1.165) is 56.6 Å². The van der Waals surface area contributed by atoms with Crippen LogP contribution in [0.5, 0.6) is 5.75 Å². The second kappa shape index (κ2) is 37.6. The Kier molecular flexibility index (Phi) is 25.1. The van der Waals surface area contributed by atoms with E-state index in [9.17, 15) is 0 Å². The van der Waals surface area contributed by atoms with E-state index in [0.29, 0.717) is 70.1 Å². The van der Waals surface area contributed by atoms with Crippen molar-refractivity contribution in [2.45, 2.75) is 6.42 Å². The molecule has 0 spiro atoms. The van der Waals surface area contributed by atoms with E-state index >= 15 is 0 Å². The summed E-state index contributed by atoms with van der Waals surface area (Å²) in [5.74, 6) is 5.62. The quantitative estimate of drug-likeness (QED) is 0.0868. The predicted molar refractivity (Wildman–Crippen MR) is 479 cm³/mol. The second-order valence-corrected chi connectivity index (χ2v) is 28.0. The molecule has 563 valence electrons. The molecule has 0 aliphatic heterocycles. The molecule has 4 heterocycles. The fourth-order valence-electron chi connectivity index (χ4n) is 13.6. The Morgan fingerprint density at radius 1 is 0.256 bits per heavy atom. The summed E-state index contributed by atoms with van der Waals surface area (Å²) in [5, 5.41) is 12.2. The number of halogens is 3.